The zero-order chi connectivity index (χ0) is 11.9. The van der Waals surface area contributed by atoms with Crippen molar-refractivity contribution in [2.45, 2.75) is 6.42 Å². The summed E-state index contributed by atoms with van der Waals surface area (Å²) in [4.78, 5) is 15.8. The Bertz CT molecular complexity index is 468. The summed E-state index contributed by atoms with van der Waals surface area (Å²) >= 11 is 0. The van der Waals surface area contributed by atoms with Crippen LogP contribution in [0.2, 0.25) is 0 Å². The van der Waals surface area contributed by atoms with Crippen LogP contribution in [-0.4, -0.2) is 17.3 Å². The van der Waals surface area contributed by atoms with Gasteiger partial charge in [-0.05, 0) is 12.1 Å². The molecule has 1 aromatic carbocycles. The third kappa shape index (κ3) is 3.41. The van der Waals surface area contributed by atoms with Crippen molar-refractivity contribution in [3.63, 3.8) is 0 Å². The van der Waals surface area contributed by atoms with Gasteiger partial charge < -0.3 is 5.32 Å². The van der Waals surface area contributed by atoms with Crippen LogP contribution in [0.1, 0.15) is 16.8 Å². The molecule has 1 heterocycles. The van der Waals surface area contributed by atoms with Gasteiger partial charge in [0.05, 0.1) is 5.69 Å². The Morgan fingerprint density at radius 3 is 2.65 bits per heavy atom. The molecule has 0 aliphatic rings. The van der Waals surface area contributed by atoms with Crippen LogP contribution in [0, 0.1) is 0 Å². The lowest BCUT2D eigenvalue weighted by Gasteiger charge is -2.04. The maximum absolute atomic E-state index is 11.8. The van der Waals surface area contributed by atoms with E-state index < -0.39 is 0 Å². The second-order valence-corrected chi connectivity index (χ2v) is 3.71. The van der Waals surface area contributed by atoms with Crippen molar-refractivity contribution in [2.24, 2.45) is 0 Å². The van der Waals surface area contributed by atoms with E-state index in [0.29, 0.717) is 13.0 Å². The van der Waals surface area contributed by atoms with Gasteiger partial charge in [0, 0.05) is 30.9 Å². The molecule has 1 N–H and O–H groups in total. The maximum atomic E-state index is 11.8. The number of pyridine rings is 1. The summed E-state index contributed by atoms with van der Waals surface area (Å²) in [5.41, 5.74) is 1.70. The molecular weight excluding hydrogens is 212 g/mol. The molecule has 2 rings (SSSR count). The van der Waals surface area contributed by atoms with Crippen molar-refractivity contribution in [3.8, 4) is 0 Å². The molecule has 0 aliphatic heterocycles. The summed E-state index contributed by atoms with van der Waals surface area (Å²) < 4.78 is 0. The van der Waals surface area contributed by atoms with E-state index in [-0.39, 0.29) is 5.78 Å². The number of aromatic nitrogens is 1. The highest BCUT2D eigenvalue weighted by atomic mass is 16.1. The van der Waals surface area contributed by atoms with E-state index in [4.69, 9.17) is 0 Å². The van der Waals surface area contributed by atoms with Gasteiger partial charge in [-0.3, -0.25) is 9.78 Å². The van der Waals surface area contributed by atoms with Crippen LogP contribution in [-0.2, 0) is 0 Å². The number of anilines is 1. The first-order valence-electron chi connectivity index (χ1n) is 5.58. The van der Waals surface area contributed by atoms with E-state index in [1.54, 1.807) is 12.4 Å². The summed E-state index contributed by atoms with van der Waals surface area (Å²) in [7, 11) is 0. The smallest absolute Gasteiger partial charge is 0.164 e. The van der Waals surface area contributed by atoms with Gasteiger partial charge in [-0.1, -0.05) is 30.3 Å². The SMILES string of the molecule is O=C(CCNc1cccnc1)c1ccccc1. The van der Waals surface area contributed by atoms with Crippen molar-refractivity contribution in [1.82, 2.24) is 4.98 Å². The van der Waals surface area contributed by atoms with E-state index in [1.165, 1.54) is 0 Å². The van der Waals surface area contributed by atoms with E-state index in [9.17, 15) is 4.79 Å². The van der Waals surface area contributed by atoms with E-state index in [0.717, 1.165) is 11.3 Å². The zero-order valence-corrected chi connectivity index (χ0v) is 9.47. The van der Waals surface area contributed by atoms with E-state index in [1.807, 2.05) is 42.5 Å². The number of hydrogen-bond donors (Lipinski definition) is 1. The van der Waals surface area contributed by atoms with Gasteiger partial charge in [0.15, 0.2) is 5.78 Å². The molecule has 2 aromatic rings. The fraction of sp³-hybridized carbons (Fsp3) is 0.143. The average molecular weight is 226 g/mol. The van der Waals surface area contributed by atoms with Gasteiger partial charge in [0.1, 0.15) is 0 Å². The number of nitrogens with zero attached hydrogens (tertiary/aromatic N) is 1. The largest absolute Gasteiger partial charge is 0.383 e. The third-order valence-corrected chi connectivity index (χ3v) is 2.44. The summed E-state index contributed by atoms with van der Waals surface area (Å²) in [6, 6.07) is 13.1. The van der Waals surface area contributed by atoms with Gasteiger partial charge in [0.2, 0.25) is 0 Å². The zero-order valence-electron chi connectivity index (χ0n) is 9.47. The summed E-state index contributed by atoms with van der Waals surface area (Å²) in [5, 5.41) is 3.16. The topological polar surface area (TPSA) is 42.0 Å². The molecule has 3 nitrogen and oxygen atoms in total. The Balaban J connectivity index is 1.82. The van der Waals surface area contributed by atoms with Crippen LogP contribution in [0.5, 0.6) is 0 Å². The Morgan fingerprint density at radius 1 is 1.12 bits per heavy atom. The van der Waals surface area contributed by atoms with Crippen molar-refractivity contribution in [3.05, 3.63) is 60.4 Å². The second kappa shape index (κ2) is 5.80. The lowest BCUT2D eigenvalue weighted by Crippen LogP contribution is -2.08. The number of benzene rings is 1. The second-order valence-electron chi connectivity index (χ2n) is 3.71. The molecule has 17 heavy (non-hydrogen) atoms. The summed E-state index contributed by atoms with van der Waals surface area (Å²) in [6.07, 6.45) is 3.95. The Labute approximate surface area is 101 Å². The molecule has 0 atom stereocenters. The molecule has 86 valence electrons. The van der Waals surface area contributed by atoms with Crippen LogP contribution in [0.3, 0.4) is 0 Å². The number of Topliss-reactive ketones (excluding diaryl/α,β-unsaturated/α-hetero) is 1. The summed E-state index contributed by atoms with van der Waals surface area (Å²) in [6.45, 7) is 0.624. The van der Waals surface area contributed by atoms with E-state index >= 15 is 0 Å². The average Bonchev–Trinajstić information content (AvgIpc) is 2.41. The molecule has 0 bridgehead atoms. The Kier molecular flexibility index (Phi) is 3.86. The van der Waals surface area contributed by atoms with Gasteiger partial charge in [-0.15, -0.1) is 0 Å². The quantitative estimate of drug-likeness (QED) is 0.797. The molecule has 0 saturated carbocycles. The molecule has 0 saturated heterocycles. The van der Waals surface area contributed by atoms with Gasteiger partial charge in [0.25, 0.3) is 0 Å². The minimum absolute atomic E-state index is 0.155. The lowest BCUT2D eigenvalue weighted by molar-refractivity contribution is 0.0986. The van der Waals surface area contributed by atoms with E-state index in [2.05, 4.69) is 10.3 Å². The lowest BCUT2D eigenvalue weighted by atomic mass is 10.1. The summed E-state index contributed by atoms with van der Waals surface area (Å²) in [5.74, 6) is 0.155. The standard InChI is InChI=1S/C14H14N2O/c17-14(12-5-2-1-3-6-12)8-10-16-13-7-4-9-15-11-13/h1-7,9,11,16H,8,10H2. The third-order valence-electron chi connectivity index (χ3n) is 2.44. The molecule has 0 spiro atoms. The highest BCUT2D eigenvalue weighted by molar-refractivity contribution is 5.96. The first-order chi connectivity index (χ1) is 8.36. The number of nitrogens with one attached hydrogen (secondary N) is 1. The highest BCUT2D eigenvalue weighted by Gasteiger charge is 2.03. The molecule has 3 heteroatoms. The van der Waals surface area contributed by atoms with Gasteiger partial charge in [-0.25, -0.2) is 0 Å². The monoisotopic (exact) mass is 226 g/mol. The first kappa shape index (κ1) is 11.3. The molecule has 0 fully saturated rings. The first-order valence-corrected chi connectivity index (χ1v) is 5.58. The number of carbonyl (C=O) groups is 1. The number of hydrogen-bond acceptors (Lipinski definition) is 3. The van der Waals surface area contributed by atoms with Gasteiger partial charge >= 0.3 is 0 Å². The fourth-order valence-electron chi connectivity index (χ4n) is 1.56. The van der Waals surface area contributed by atoms with Crippen molar-refractivity contribution in [1.29, 1.82) is 0 Å². The fourth-order valence-corrected chi connectivity index (χ4v) is 1.56. The molecule has 0 radical (unpaired) electrons. The van der Waals surface area contributed by atoms with Crippen LogP contribution in [0.15, 0.2) is 54.9 Å². The highest BCUT2D eigenvalue weighted by Crippen LogP contribution is 2.05. The van der Waals surface area contributed by atoms with Crippen molar-refractivity contribution in [2.75, 3.05) is 11.9 Å². The molecule has 0 unspecified atom stereocenters. The molecule has 0 aliphatic carbocycles. The number of ketones is 1. The maximum Gasteiger partial charge on any atom is 0.164 e. The number of carbonyl (C=O) groups excluding carboxylic acids is 1. The number of rotatable bonds is 5. The van der Waals surface area contributed by atoms with Crippen molar-refractivity contribution < 1.29 is 4.79 Å². The minimum atomic E-state index is 0.155. The normalized spacial score (nSPS) is 9.88. The predicted octanol–water partition coefficient (Wildman–Crippen LogP) is 2.77. The van der Waals surface area contributed by atoms with Crippen LogP contribution in [0.4, 0.5) is 5.69 Å². The van der Waals surface area contributed by atoms with Crippen LogP contribution < -0.4 is 5.32 Å². The Hall–Kier alpha value is -2.16. The molecular formula is C14H14N2O. The molecule has 0 amide bonds. The minimum Gasteiger partial charge on any atom is -0.383 e. The van der Waals surface area contributed by atoms with Crippen LogP contribution in [0.25, 0.3) is 0 Å². The van der Waals surface area contributed by atoms with Crippen molar-refractivity contribution >= 4 is 11.5 Å². The van der Waals surface area contributed by atoms with Gasteiger partial charge in [-0.2, -0.15) is 0 Å². The Morgan fingerprint density at radius 2 is 1.94 bits per heavy atom. The molecule has 1 aromatic heterocycles. The predicted molar refractivity (Wildman–Crippen MR) is 68.1 cm³/mol. The van der Waals surface area contributed by atoms with Crippen LogP contribution >= 0.6 is 0 Å².